The minimum absolute atomic E-state index is 0.0792. The lowest BCUT2D eigenvalue weighted by molar-refractivity contribution is 0.0854. The Labute approximate surface area is 133 Å². The molecule has 21 heavy (non-hydrogen) atoms. The van der Waals surface area contributed by atoms with E-state index in [1.165, 1.54) is 30.6 Å². The van der Waals surface area contributed by atoms with Crippen molar-refractivity contribution in [2.24, 2.45) is 5.41 Å². The Balaban J connectivity index is 1.82. The molecule has 0 radical (unpaired) electrons. The summed E-state index contributed by atoms with van der Waals surface area (Å²) in [5, 5.41) is 4.46. The fourth-order valence-electron chi connectivity index (χ4n) is 2.98. The van der Waals surface area contributed by atoms with Crippen molar-refractivity contribution in [3.05, 3.63) is 28.1 Å². The van der Waals surface area contributed by atoms with Crippen molar-refractivity contribution in [1.82, 2.24) is 5.32 Å². The van der Waals surface area contributed by atoms with Crippen molar-refractivity contribution in [2.45, 2.75) is 32.6 Å². The fraction of sp³-hybridized carbons (Fsp3) is 0.438. The van der Waals surface area contributed by atoms with Crippen LogP contribution in [-0.2, 0) is 0 Å². The summed E-state index contributed by atoms with van der Waals surface area (Å²) in [7, 11) is 0. The molecule has 0 saturated heterocycles. The normalized spacial score (nSPS) is 16.7. The molecule has 112 valence electrons. The van der Waals surface area contributed by atoms with Gasteiger partial charge in [0, 0.05) is 16.6 Å². The van der Waals surface area contributed by atoms with Gasteiger partial charge in [-0.25, -0.2) is 0 Å². The number of thiophene rings is 1. The highest BCUT2D eigenvalue weighted by Crippen LogP contribution is 2.43. The van der Waals surface area contributed by atoms with Crippen LogP contribution in [0.2, 0.25) is 5.02 Å². The predicted octanol–water partition coefficient (Wildman–Crippen LogP) is 4.45. The summed E-state index contributed by atoms with van der Waals surface area (Å²) in [4.78, 5) is 13.0. The summed E-state index contributed by atoms with van der Waals surface area (Å²) < 4.78 is 0.957. The first-order chi connectivity index (χ1) is 10.1. The van der Waals surface area contributed by atoms with Crippen molar-refractivity contribution in [2.75, 3.05) is 12.3 Å². The molecule has 0 unspecified atom stereocenters. The third-order valence-corrected chi connectivity index (χ3v) is 6.18. The summed E-state index contributed by atoms with van der Waals surface area (Å²) in [6.07, 6.45) is 4.79. The van der Waals surface area contributed by atoms with Gasteiger partial charge >= 0.3 is 0 Å². The van der Waals surface area contributed by atoms with Crippen molar-refractivity contribution in [3.8, 4) is 0 Å². The van der Waals surface area contributed by atoms with Crippen LogP contribution in [0.3, 0.4) is 0 Å². The molecule has 1 aromatic carbocycles. The lowest BCUT2D eigenvalue weighted by atomic mass is 9.67. The van der Waals surface area contributed by atoms with E-state index in [1.807, 2.05) is 12.1 Å². The van der Waals surface area contributed by atoms with Gasteiger partial charge in [0.15, 0.2) is 0 Å². The molecule has 0 spiro atoms. The Kier molecular flexibility index (Phi) is 3.84. The maximum Gasteiger partial charge on any atom is 0.263 e. The number of rotatable bonds is 4. The van der Waals surface area contributed by atoms with E-state index in [1.54, 1.807) is 6.07 Å². The van der Waals surface area contributed by atoms with E-state index >= 15 is 0 Å². The Morgan fingerprint density at radius 3 is 2.81 bits per heavy atom. The molecule has 0 bridgehead atoms. The molecule has 1 heterocycles. The van der Waals surface area contributed by atoms with E-state index in [9.17, 15) is 4.79 Å². The Bertz CT molecular complexity index is 685. The van der Waals surface area contributed by atoms with Crippen LogP contribution in [0.4, 0.5) is 5.69 Å². The number of nitrogen functional groups attached to an aromatic ring is 1. The van der Waals surface area contributed by atoms with E-state index in [0.29, 0.717) is 21.0 Å². The molecule has 5 heteroatoms. The molecule has 3 rings (SSSR count). The van der Waals surface area contributed by atoms with Gasteiger partial charge in [0.05, 0.1) is 10.7 Å². The van der Waals surface area contributed by atoms with Crippen molar-refractivity contribution >= 4 is 44.6 Å². The number of hydrogen-bond donors (Lipinski definition) is 2. The molecule has 3 nitrogen and oxygen atoms in total. The third kappa shape index (κ3) is 2.51. The van der Waals surface area contributed by atoms with E-state index in [0.717, 1.165) is 23.1 Å². The third-order valence-electron chi connectivity index (χ3n) is 4.70. The number of fused-ring (bicyclic) bond motifs is 1. The molecular formula is C16H19ClN2OS. The summed E-state index contributed by atoms with van der Waals surface area (Å²) in [6.45, 7) is 2.93. The van der Waals surface area contributed by atoms with E-state index in [4.69, 9.17) is 17.3 Å². The topological polar surface area (TPSA) is 55.1 Å². The number of nitrogens with one attached hydrogen (secondary N) is 1. The second kappa shape index (κ2) is 5.50. The minimum Gasteiger partial charge on any atom is -0.397 e. The van der Waals surface area contributed by atoms with Gasteiger partial charge in [-0.1, -0.05) is 31.0 Å². The molecule has 0 aliphatic heterocycles. The first kappa shape index (κ1) is 14.7. The Morgan fingerprint density at radius 1 is 1.48 bits per heavy atom. The van der Waals surface area contributed by atoms with Gasteiger partial charge in [-0.15, -0.1) is 11.3 Å². The molecule has 1 amide bonds. The molecular weight excluding hydrogens is 304 g/mol. The monoisotopic (exact) mass is 322 g/mol. The molecule has 1 aliphatic rings. The highest BCUT2D eigenvalue weighted by atomic mass is 35.5. The van der Waals surface area contributed by atoms with Gasteiger partial charge in [-0.05, 0) is 36.8 Å². The zero-order valence-corrected chi connectivity index (χ0v) is 13.6. The molecule has 1 aromatic heterocycles. The SMILES string of the molecule is CCC1(CNC(=O)c2sc3cccc(Cl)c3c2N)CCC1. The van der Waals surface area contributed by atoms with Gasteiger partial charge in [0.2, 0.25) is 0 Å². The maximum absolute atomic E-state index is 12.4. The lowest BCUT2D eigenvalue weighted by Gasteiger charge is -2.41. The van der Waals surface area contributed by atoms with Crippen LogP contribution in [0, 0.1) is 5.41 Å². The predicted molar refractivity (Wildman–Crippen MR) is 90.2 cm³/mol. The molecule has 2 aromatic rings. The Hall–Kier alpha value is -1.26. The fourth-order valence-corrected chi connectivity index (χ4v) is 4.38. The number of nitrogens with two attached hydrogens (primary N) is 1. The average molecular weight is 323 g/mol. The Morgan fingerprint density at radius 2 is 2.24 bits per heavy atom. The van der Waals surface area contributed by atoms with E-state index in [2.05, 4.69) is 12.2 Å². The van der Waals surface area contributed by atoms with E-state index in [-0.39, 0.29) is 5.91 Å². The van der Waals surface area contributed by atoms with Crippen LogP contribution in [0.25, 0.3) is 10.1 Å². The first-order valence-electron chi connectivity index (χ1n) is 7.31. The number of hydrogen-bond acceptors (Lipinski definition) is 3. The zero-order chi connectivity index (χ0) is 15.0. The van der Waals surface area contributed by atoms with Crippen LogP contribution in [0.1, 0.15) is 42.3 Å². The van der Waals surface area contributed by atoms with Gasteiger partial charge < -0.3 is 11.1 Å². The number of carbonyl (C=O) groups is 1. The summed E-state index contributed by atoms with van der Waals surface area (Å²) in [5.74, 6) is -0.0792. The van der Waals surface area contributed by atoms with Gasteiger partial charge in [-0.2, -0.15) is 0 Å². The van der Waals surface area contributed by atoms with Crippen LogP contribution >= 0.6 is 22.9 Å². The number of carbonyl (C=O) groups excluding carboxylic acids is 1. The highest BCUT2D eigenvalue weighted by molar-refractivity contribution is 7.21. The number of halogens is 1. The summed E-state index contributed by atoms with van der Waals surface area (Å²) in [5.41, 5.74) is 6.93. The van der Waals surface area contributed by atoms with Crippen LogP contribution in [0.5, 0.6) is 0 Å². The molecule has 1 aliphatic carbocycles. The van der Waals surface area contributed by atoms with E-state index < -0.39 is 0 Å². The summed E-state index contributed by atoms with van der Waals surface area (Å²) >= 11 is 7.59. The quantitative estimate of drug-likeness (QED) is 0.874. The van der Waals surface area contributed by atoms with Crippen LogP contribution < -0.4 is 11.1 Å². The van der Waals surface area contributed by atoms with Crippen molar-refractivity contribution in [1.29, 1.82) is 0 Å². The van der Waals surface area contributed by atoms with Crippen molar-refractivity contribution < 1.29 is 4.79 Å². The lowest BCUT2D eigenvalue weighted by Crippen LogP contribution is -2.41. The second-order valence-corrected chi connectivity index (χ2v) is 7.31. The van der Waals surface area contributed by atoms with Crippen LogP contribution in [0.15, 0.2) is 18.2 Å². The van der Waals surface area contributed by atoms with Crippen molar-refractivity contribution in [3.63, 3.8) is 0 Å². The molecule has 1 saturated carbocycles. The zero-order valence-electron chi connectivity index (χ0n) is 12.0. The molecule has 1 fully saturated rings. The highest BCUT2D eigenvalue weighted by Gasteiger charge is 2.35. The van der Waals surface area contributed by atoms with Crippen LogP contribution in [-0.4, -0.2) is 12.5 Å². The second-order valence-electron chi connectivity index (χ2n) is 5.85. The smallest absolute Gasteiger partial charge is 0.263 e. The average Bonchev–Trinajstić information content (AvgIpc) is 2.76. The molecule has 0 atom stereocenters. The summed E-state index contributed by atoms with van der Waals surface area (Å²) in [6, 6.07) is 5.62. The van der Waals surface area contributed by atoms with Gasteiger partial charge in [0.25, 0.3) is 5.91 Å². The standard InChI is InChI=1S/C16H19ClN2OS/c1-2-16(7-4-8-16)9-19-15(20)14-13(18)12-10(17)5-3-6-11(12)21-14/h3,5-6H,2,4,7-9,18H2,1H3,(H,19,20). The van der Waals surface area contributed by atoms with Gasteiger partial charge in [0.1, 0.15) is 4.88 Å². The minimum atomic E-state index is -0.0792. The number of amides is 1. The maximum atomic E-state index is 12.4. The number of anilines is 1. The molecule has 3 N–H and O–H groups in total. The number of benzene rings is 1. The first-order valence-corrected chi connectivity index (χ1v) is 8.50. The van der Waals surface area contributed by atoms with Gasteiger partial charge in [-0.3, -0.25) is 4.79 Å². The largest absolute Gasteiger partial charge is 0.397 e.